The number of rotatable bonds is 6. The van der Waals surface area contributed by atoms with E-state index in [0.29, 0.717) is 12.5 Å². The molecule has 0 atom stereocenters. The number of nitrogens with zero attached hydrogens (tertiary/aromatic N) is 2. The lowest BCUT2D eigenvalue weighted by Gasteiger charge is -2.05. The number of carbonyl (C=O) groups is 1. The lowest BCUT2D eigenvalue weighted by atomic mass is 10.0. The SMILES string of the molecule is CCn1ncc(CNC(=O)/C=C/c2ccc(C(C)C)cc2)c1C. The standard InChI is InChI=1S/C19H25N3O/c1-5-22-15(4)18(13-21-22)12-20-19(23)11-8-16-6-9-17(10-7-16)14(2)3/h6-11,13-14H,5,12H2,1-4H3,(H,20,23)/b11-8+. The van der Waals surface area contributed by atoms with Gasteiger partial charge in [-0.1, -0.05) is 38.1 Å². The van der Waals surface area contributed by atoms with E-state index in [1.54, 1.807) is 6.08 Å². The van der Waals surface area contributed by atoms with Crippen molar-refractivity contribution in [1.82, 2.24) is 15.1 Å². The number of nitrogens with one attached hydrogen (secondary N) is 1. The third kappa shape index (κ3) is 4.55. The van der Waals surface area contributed by atoms with Crippen LogP contribution < -0.4 is 5.32 Å². The highest BCUT2D eigenvalue weighted by atomic mass is 16.1. The van der Waals surface area contributed by atoms with Crippen molar-refractivity contribution in [3.8, 4) is 0 Å². The average Bonchev–Trinajstić information content (AvgIpc) is 2.91. The van der Waals surface area contributed by atoms with Gasteiger partial charge in [0, 0.05) is 30.4 Å². The summed E-state index contributed by atoms with van der Waals surface area (Å²) >= 11 is 0. The Bertz CT molecular complexity index is 681. The minimum Gasteiger partial charge on any atom is -0.348 e. The van der Waals surface area contributed by atoms with E-state index < -0.39 is 0 Å². The van der Waals surface area contributed by atoms with Crippen LogP contribution in [0.3, 0.4) is 0 Å². The molecule has 1 aromatic carbocycles. The van der Waals surface area contributed by atoms with Gasteiger partial charge in [-0.25, -0.2) is 0 Å². The molecule has 4 heteroatoms. The summed E-state index contributed by atoms with van der Waals surface area (Å²) in [5.74, 6) is 0.421. The van der Waals surface area contributed by atoms with Gasteiger partial charge in [-0.2, -0.15) is 5.10 Å². The molecule has 122 valence electrons. The number of aromatic nitrogens is 2. The fraction of sp³-hybridized carbons (Fsp3) is 0.368. The summed E-state index contributed by atoms with van der Waals surface area (Å²) in [6.45, 7) is 9.75. The minimum absolute atomic E-state index is 0.0958. The molecule has 0 spiro atoms. The maximum absolute atomic E-state index is 11.9. The van der Waals surface area contributed by atoms with E-state index in [1.807, 2.05) is 36.0 Å². The van der Waals surface area contributed by atoms with Gasteiger partial charge < -0.3 is 5.32 Å². The van der Waals surface area contributed by atoms with Gasteiger partial charge in [0.25, 0.3) is 0 Å². The van der Waals surface area contributed by atoms with Crippen LogP contribution in [0, 0.1) is 6.92 Å². The highest BCUT2D eigenvalue weighted by Crippen LogP contribution is 2.15. The second-order valence-electron chi connectivity index (χ2n) is 5.94. The smallest absolute Gasteiger partial charge is 0.244 e. The molecule has 0 bridgehead atoms. The molecule has 0 aliphatic carbocycles. The van der Waals surface area contributed by atoms with E-state index in [9.17, 15) is 4.79 Å². The van der Waals surface area contributed by atoms with Crippen molar-refractivity contribution in [2.24, 2.45) is 0 Å². The van der Waals surface area contributed by atoms with E-state index in [0.717, 1.165) is 23.4 Å². The van der Waals surface area contributed by atoms with Gasteiger partial charge in [0.05, 0.1) is 6.20 Å². The summed E-state index contributed by atoms with van der Waals surface area (Å²) < 4.78 is 1.92. The molecule has 0 saturated heterocycles. The number of amides is 1. The van der Waals surface area contributed by atoms with Gasteiger partial charge in [0.2, 0.25) is 5.91 Å². The molecule has 2 rings (SSSR count). The molecule has 0 unspecified atom stereocenters. The summed E-state index contributed by atoms with van der Waals surface area (Å²) in [6.07, 6.45) is 5.22. The van der Waals surface area contributed by atoms with Crippen LogP contribution in [0.5, 0.6) is 0 Å². The Kier molecular flexibility index (Phi) is 5.74. The van der Waals surface area contributed by atoms with Crippen LogP contribution in [0.15, 0.2) is 36.5 Å². The molecule has 1 N–H and O–H groups in total. The van der Waals surface area contributed by atoms with Crippen LogP contribution in [-0.2, 0) is 17.9 Å². The number of benzene rings is 1. The zero-order chi connectivity index (χ0) is 16.8. The highest BCUT2D eigenvalue weighted by Gasteiger charge is 2.05. The molecular formula is C19H25N3O. The van der Waals surface area contributed by atoms with Crippen LogP contribution in [-0.4, -0.2) is 15.7 Å². The Morgan fingerprint density at radius 2 is 2.00 bits per heavy atom. The van der Waals surface area contributed by atoms with Gasteiger partial charge in [-0.15, -0.1) is 0 Å². The van der Waals surface area contributed by atoms with E-state index >= 15 is 0 Å². The van der Waals surface area contributed by atoms with E-state index in [4.69, 9.17) is 0 Å². The third-order valence-corrected chi connectivity index (χ3v) is 3.99. The Labute approximate surface area is 138 Å². The maximum atomic E-state index is 11.9. The highest BCUT2D eigenvalue weighted by molar-refractivity contribution is 5.91. The molecule has 1 heterocycles. The lowest BCUT2D eigenvalue weighted by Crippen LogP contribution is -2.20. The molecule has 0 saturated carbocycles. The average molecular weight is 311 g/mol. The van der Waals surface area contributed by atoms with Crippen LogP contribution in [0.2, 0.25) is 0 Å². The summed E-state index contributed by atoms with van der Waals surface area (Å²) in [5.41, 5.74) is 4.48. The van der Waals surface area contributed by atoms with Crippen LogP contribution >= 0.6 is 0 Å². The molecule has 4 nitrogen and oxygen atoms in total. The molecule has 0 aliphatic rings. The predicted octanol–water partition coefficient (Wildman–Crippen LogP) is 3.66. The van der Waals surface area contributed by atoms with E-state index in [2.05, 4.69) is 43.3 Å². The van der Waals surface area contributed by atoms with Crippen LogP contribution in [0.1, 0.15) is 49.1 Å². The van der Waals surface area contributed by atoms with Crippen molar-refractivity contribution in [3.05, 3.63) is 58.9 Å². The largest absolute Gasteiger partial charge is 0.348 e. The van der Waals surface area contributed by atoms with Crippen molar-refractivity contribution >= 4 is 12.0 Å². The second-order valence-corrected chi connectivity index (χ2v) is 5.94. The van der Waals surface area contributed by atoms with Crippen molar-refractivity contribution in [2.75, 3.05) is 0 Å². The van der Waals surface area contributed by atoms with Crippen molar-refractivity contribution in [2.45, 2.75) is 46.7 Å². The van der Waals surface area contributed by atoms with Gasteiger partial charge in [-0.05, 0) is 37.0 Å². The molecule has 1 aromatic heterocycles. The summed E-state index contributed by atoms with van der Waals surface area (Å²) in [5, 5.41) is 7.17. The molecule has 1 amide bonds. The number of hydrogen-bond donors (Lipinski definition) is 1. The normalized spacial score (nSPS) is 11.3. The predicted molar refractivity (Wildman–Crippen MR) is 94.0 cm³/mol. The van der Waals surface area contributed by atoms with Crippen molar-refractivity contribution in [1.29, 1.82) is 0 Å². The molecule has 0 radical (unpaired) electrons. The van der Waals surface area contributed by atoms with Gasteiger partial charge >= 0.3 is 0 Å². The van der Waals surface area contributed by atoms with Gasteiger partial charge in [0.15, 0.2) is 0 Å². The lowest BCUT2D eigenvalue weighted by molar-refractivity contribution is -0.116. The first-order chi connectivity index (χ1) is 11.0. The Balaban J connectivity index is 1.89. The van der Waals surface area contributed by atoms with Crippen LogP contribution in [0.25, 0.3) is 6.08 Å². The molecule has 0 aliphatic heterocycles. The molecule has 2 aromatic rings. The number of carbonyl (C=O) groups excluding carboxylic acids is 1. The topological polar surface area (TPSA) is 46.9 Å². The molecule has 23 heavy (non-hydrogen) atoms. The summed E-state index contributed by atoms with van der Waals surface area (Å²) in [4.78, 5) is 11.9. The van der Waals surface area contributed by atoms with Crippen molar-refractivity contribution < 1.29 is 4.79 Å². The first kappa shape index (κ1) is 17.0. The van der Waals surface area contributed by atoms with Gasteiger partial charge in [-0.3, -0.25) is 9.48 Å². The Morgan fingerprint density at radius 1 is 1.30 bits per heavy atom. The number of aryl methyl sites for hydroxylation is 1. The van der Waals surface area contributed by atoms with E-state index in [1.165, 1.54) is 5.56 Å². The molecule has 0 fully saturated rings. The first-order valence-electron chi connectivity index (χ1n) is 8.08. The molecular weight excluding hydrogens is 286 g/mol. The minimum atomic E-state index is -0.0958. The Morgan fingerprint density at radius 3 is 2.57 bits per heavy atom. The maximum Gasteiger partial charge on any atom is 0.244 e. The van der Waals surface area contributed by atoms with Gasteiger partial charge in [0.1, 0.15) is 0 Å². The fourth-order valence-electron chi connectivity index (χ4n) is 2.38. The fourth-order valence-corrected chi connectivity index (χ4v) is 2.38. The zero-order valence-corrected chi connectivity index (χ0v) is 14.3. The Hall–Kier alpha value is -2.36. The first-order valence-corrected chi connectivity index (χ1v) is 8.08. The quantitative estimate of drug-likeness (QED) is 0.828. The second kappa shape index (κ2) is 7.77. The number of hydrogen-bond acceptors (Lipinski definition) is 2. The van der Waals surface area contributed by atoms with Crippen molar-refractivity contribution in [3.63, 3.8) is 0 Å². The summed E-state index contributed by atoms with van der Waals surface area (Å²) in [6, 6.07) is 8.28. The van der Waals surface area contributed by atoms with E-state index in [-0.39, 0.29) is 5.91 Å². The zero-order valence-electron chi connectivity index (χ0n) is 14.3. The summed E-state index contributed by atoms with van der Waals surface area (Å²) in [7, 11) is 0. The van der Waals surface area contributed by atoms with Crippen LogP contribution in [0.4, 0.5) is 0 Å². The third-order valence-electron chi connectivity index (χ3n) is 3.99. The monoisotopic (exact) mass is 311 g/mol.